The van der Waals surface area contributed by atoms with Crippen molar-refractivity contribution in [1.82, 2.24) is 19.4 Å². The molecule has 0 radical (unpaired) electrons. The number of nitrogens with one attached hydrogen (secondary N) is 2. The van der Waals surface area contributed by atoms with Gasteiger partial charge < -0.3 is 19.9 Å². The molecule has 1 aliphatic rings. The Labute approximate surface area is 256 Å². The number of amides is 1. The number of carbonyl (C=O) groups is 2. The molecule has 2 heterocycles. The van der Waals surface area contributed by atoms with Crippen LogP contribution in [0.5, 0.6) is 11.6 Å². The van der Waals surface area contributed by atoms with E-state index in [9.17, 15) is 27.5 Å². The zero-order valence-electron chi connectivity index (χ0n) is 25.2. The van der Waals surface area contributed by atoms with E-state index in [1.807, 2.05) is 20.8 Å². The number of nitrogens with zero attached hydrogens (tertiary/aromatic N) is 3. The van der Waals surface area contributed by atoms with Gasteiger partial charge in [-0.15, -0.1) is 0 Å². The second-order valence-electron chi connectivity index (χ2n) is 11.7. The zero-order valence-corrected chi connectivity index (χ0v) is 26.0. The summed E-state index contributed by atoms with van der Waals surface area (Å²) < 4.78 is 56.6. The van der Waals surface area contributed by atoms with Crippen molar-refractivity contribution in [2.45, 2.75) is 45.4 Å². The van der Waals surface area contributed by atoms with Gasteiger partial charge in [-0.25, -0.2) is 22.3 Å². The molecule has 1 aliphatic heterocycles. The third-order valence-corrected chi connectivity index (χ3v) is 8.27. The van der Waals surface area contributed by atoms with Gasteiger partial charge in [-0.05, 0) is 61.7 Å². The fourth-order valence-electron chi connectivity index (χ4n) is 4.67. The Kier molecular flexibility index (Phi) is 10.4. The summed E-state index contributed by atoms with van der Waals surface area (Å²) in [6.07, 6.45) is 0.752. The number of rotatable bonds is 12. The van der Waals surface area contributed by atoms with Crippen LogP contribution in [-0.4, -0.2) is 79.5 Å². The molecule has 2 aromatic carbocycles. The first-order valence-electron chi connectivity index (χ1n) is 14.2. The van der Waals surface area contributed by atoms with Gasteiger partial charge in [-0.1, -0.05) is 26.8 Å². The summed E-state index contributed by atoms with van der Waals surface area (Å²) in [5.41, 5.74) is -0.125. The molecule has 1 amide bonds. The third kappa shape index (κ3) is 8.62. The van der Waals surface area contributed by atoms with Crippen molar-refractivity contribution in [2.24, 2.45) is 5.41 Å². The minimum Gasteiger partial charge on any atom is -0.476 e. The summed E-state index contributed by atoms with van der Waals surface area (Å²) in [6.45, 7) is 10.8. The first-order chi connectivity index (χ1) is 20.7. The van der Waals surface area contributed by atoms with E-state index in [1.54, 1.807) is 0 Å². The number of morpholine rings is 1. The molecule has 44 heavy (non-hydrogen) atoms. The highest BCUT2D eigenvalue weighted by molar-refractivity contribution is 7.89. The van der Waals surface area contributed by atoms with E-state index < -0.39 is 21.8 Å². The maximum absolute atomic E-state index is 14.1. The molecule has 3 N–H and O–H groups in total. The summed E-state index contributed by atoms with van der Waals surface area (Å²) >= 11 is 0. The number of aromatic carboxylic acids is 1. The molecule has 1 fully saturated rings. The SMILES string of the molecule is Cc1c(C(=O)O)nn(-c2cccc(F)c2)c1Oc1ccc(NC(=O)CC(C)(C)C)cc1S(=O)(=O)NCCCN1CCOCC1. The minimum absolute atomic E-state index is 0.103. The Bertz CT molecular complexity index is 1610. The molecule has 0 aliphatic carbocycles. The molecule has 3 aromatic rings. The Morgan fingerprint density at radius 3 is 2.52 bits per heavy atom. The van der Waals surface area contributed by atoms with E-state index >= 15 is 0 Å². The van der Waals surface area contributed by atoms with Crippen molar-refractivity contribution in [2.75, 3.05) is 44.7 Å². The first-order valence-corrected chi connectivity index (χ1v) is 15.7. The number of aromatic nitrogens is 2. The maximum Gasteiger partial charge on any atom is 0.356 e. The van der Waals surface area contributed by atoms with E-state index in [2.05, 4.69) is 20.0 Å². The van der Waals surface area contributed by atoms with Crippen LogP contribution in [0.15, 0.2) is 47.4 Å². The number of hydrogen-bond acceptors (Lipinski definition) is 8. The van der Waals surface area contributed by atoms with Gasteiger partial charge >= 0.3 is 5.97 Å². The van der Waals surface area contributed by atoms with Crippen molar-refractivity contribution in [3.05, 3.63) is 59.5 Å². The number of sulfonamides is 1. The van der Waals surface area contributed by atoms with Crippen LogP contribution in [0.4, 0.5) is 10.1 Å². The number of carboxylic acid groups (broad SMARTS) is 1. The topological polar surface area (TPSA) is 152 Å². The van der Waals surface area contributed by atoms with Crippen LogP contribution in [-0.2, 0) is 19.6 Å². The molecule has 0 saturated carbocycles. The number of hydrogen-bond donors (Lipinski definition) is 3. The Morgan fingerprint density at radius 2 is 1.86 bits per heavy atom. The molecule has 0 bridgehead atoms. The molecule has 1 aromatic heterocycles. The van der Waals surface area contributed by atoms with Crippen LogP contribution in [0.1, 0.15) is 49.7 Å². The molecule has 0 spiro atoms. The average Bonchev–Trinajstić information content (AvgIpc) is 3.27. The van der Waals surface area contributed by atoms with Crippen molar-refractivity contribution in [3.8, 4) is 17.3 Å². The normalized spacial score (nSPS) is 14.4. The van der Waals surface area contributed by atoms with Crippen molar-refractivity contribution in [3.63, 3.8) is 0 Å². The van der Waals surface area contributed by atoms with Crippen LogP contribution < -0.4 is 14.8 Å². The highest BCUT2D eigenvalue weighted by Crippen LogP contribution is 2.35. The number of carboxylic acids is 1. The van der Waals surface area contributed by atoms with Crippen LogP contribution in [0.3, 0.4) is 0 Å². The van der Waals surface area contributed by atoms with Crippen LogP contribution >= 0.6 is 0 Å². The Balaban J connectivity index is 1.68. The second kappa shape index (κ2) is 13.8. The molecular weight excluding hydrogens is 593 g/mol. The summed E-state index contributed by atoms with van der Waals surface area (Å²) in [5, 5.41) is 16.5. The van der Waals surface area contributed by atoms with Gasteiger partial charge in [0.05, 0.1) is 18.9 Å². The third-order valence-electron chi connectivity index (χ3n) is 6.79. The number of halogens is 1. The number of anilines is 1. The zero-order chi connectivity index (χ0) is 32.1. The van der Waals surface area contributed by atoms with Crippen molar-refractivity contribution < 1.29 is 37.0 Å². The molecule has 14 heteroatoms. The van der Waals surface area contributed by atoms with Crippen LogP contribution in [0, 0.1) is 18.2 Å². The summed E-state index contributed by atoms with van der Waals surface area (Å²) in [7, 11) is -4.19. The van der Waals surface area contributed by atoms with Crippen LogP contribution in [0.25, 0.3) is 5.69 Å². The number of benzene rings is 2. The van der Waals surface area contributed by atoms with Gasteiger partial charge in [-0.3, -0.25) is 9.69 Å². The monoisotopic (exact) mass is 631 g/mol. The lowest BCUT2D eigenvalue weighted by Crippen LogP contribution is -2.38. The van der Waals surface area contributed by atoms with E-state index in [0.29, 0.717) is 26.2 Å². The van der Waals surface area contributed by atoms with Gasteiger partial charge in [0.2, 0.25) is 21.8 Å². The summed E-state index contributed by atoms with van der Waals surface area (Å²) in [6, 6.07) is 9.46. The molecule has 0 unspecified atom stereocenters. The molecule has 4 rings (SSSR count). The largest absolute Gasteiger partial charge is 0.476 e. The molecule has 0 atom stereocenters. The highest BCUT2D eigenvalue weighted by atomic mass is 32.2. The fraction of sp³-hybridized carbons (Fsp3) is 0.433. The van der Waals surface area contributed by atoms with Gasteiger partial charge in [0.25, 0.3) is 0 Å². The van der Waals surface area contributed by atoms with E-state index in [1.165, 1.54) is 43.3 Å². The lowest BCUT2D eigenvalue weighted by Gasteiger charge is -2.26. The first kappa shape index (κ1) is 33.1. The van der Waals surface area contributed by atoms with Crippen molar-refractivity contribution >= 4 is 27.6 Å². The standard InChI is InChI=1S/C30H38FN5O7S/c1-20-27(29(38)39)34-36(23-8-5-7-21(31)17-23)28(20)43-24-10-9-22(33-26(37)19-30(2,3)4)18-25(24)44(40,41)32-11-6-12-35-13-15-42-16-14-35/h5,7-10,17-18,32H,6,11-16,19H2,1-4H3,(H,33,37)(H,38,39). The van der Waals surface area contributed by atoms with Crippen LogP contribution in [0.2, 0.25) is 0 Å². The Hall–Kier alpha value is -3.85. The quantitative estimate of drug-likeness (QED) is 0.250. The maximum atomic E-state index is 14.1. The van der Waals surface area contributed by atoms with E-state index in [4.69, 9.17) is 9.47 Å². The molecule has 238 valence electrons. The predicted molar refractivity (Wildman–Crippen MR) is 162 cm³/mol. The fourth-order valence-corrected chi connectivity index (χ4v) is 5.89. The Morgan fingerprint density at radius 1 is 1.14 bits per heavy atom. The average molecular weight is 632 g/mol. The van der Waals surface area contributed by atoms with Gasteiger partial charge in [0, 0.05) is 37.3 Å². The van der Waals surface area contributed by atoms with Gasteiger partial charge in [-0.2, -0.15) is 9.78 Å². The number of ether oxygens (including phenoxy) is 2. The lowest BCUT2D eigenvalue weighted by atomic mass is 9.92. The summed E-state index contributed by atoms with van der Waals surface area (Å²) in [4.78, 5) is 26.5. The lowest BCUT2D eigenvalue weighted by molar-refractivity contribution is -0.117. The van der Waals surface area contributed by atoms with Gasteiger partial charge in [0.1, 0.15) is 16.5 Å². The minimum atomic E-state index is -4.19. The molecule has 1 saturated heterocycles. The second-order valence-corrected chi connectivity index (χ2v) is 13.5. The number of carbonyl (C=O) groups excluding carboxylic acids is 1. The smallest absolute Gasteiger partial charge is 0.356 e. The van der Waals surface area contributed by atoms with E-state index in [-0.39, 0.29) is 63.4 Å². The predicted octanol–water partition coefficient (Wildman–Crippen LogP) is 4.19. The highest BCUT2D eigenvalue weighted by Gasteiger charge is 2.27. The molecular formula is C30H38FN5O7S. The van der Waals surface area contributed by atoms with Crippen molar-refractivity contribution in [1.29, 1.82) is 0 Å². The van der Waals surface area contributed by atoms with Gasteiger partial charge in [0.15, 0.2) is 5.69 Å². The summed E-state index contributed by atoms with van der Waals surface area (Å²) in [5.74, 6) is -2.47. The molecule has 12 nitrogen and oxygen atoms in total. The van der Waals surface area contributed by atoms with E-state index in [0.717, 1.165) is 23.8 Å².